The van der Waals surface area contributed by atoms with Gasteiger partial charge in [0.15, 0.2) is 6.10 Å². The number of aliphatic carboxylic acids is 1. The fourth-order valence-corrected chi connectivity index (χ4v) is 1.31. The Bertz CT molecular complexity index is 337. The monoisotopic (exact) mass is 216 g/mol. The number of carboxylic acids is 1. The van der Waals surface area contributed by atoms with E-state index in [4.69, 9.17) is 9.66 Å². The van der Waals surface area contributed by atoms with Gasteiger partial charge in [0.25, 0.3) is 0 Å². The van der Waals surface area contributed by atoms with Crippen molar-refractivity contribution in [1.29, 1.82) is 0 Å². The van der Waals surface area contributed by atoms with E-state index in [-0.39, 0.29) is 0 Å². The van der Waals surface area contributed by atoms with Gasteiger partial charge >= 0.3 is 17.3 Å². The zero-order chi connectivity index (χ0) is 10.6. The quantitative estimate of drug-likeness (QED) is 0.732. The van der Waals surface area contributed by atoms with Gasteiger partial charge in [-0.1, -0.05) is 30.3 Å². The van der Waals surface area contributed by atoms with Crippen molar-refractivity contribution in [3.05, 3.63) is 35.9 Å². The van der Waals surface area contributed by atoms with Crippen LogP contribution in [0.3, 0.4) is 0 Å². The molecule has 14 heavy (non-hydrogen) atoms. The molecule has 0 bridgehead atoms. The molecule has 5 nitrogen and oxygen atoms in total. The Morgan fingerprint density at radius 2 is 1.93 bits per heavy atom. The summed E-state index contributed by atoms with van der Waals surface area (Å²) in [4.78, 5) is 10.7. The summed E-state index contributed by atoms with van der Waals surface area (Å²) in [7, 11) is 0. The van der Waals surface area contributed by atoms with E-state index in [2.05, 4.69) is 4.18 Å². The number of benzene rings is 1. The normalized spacial score (nSPS) is 14.6. The molecule has 0 spiro atoms. The van der Waals surface area contributed by atoms with Crippen molar-refractivity contribution in [2.45, 2.75) is 6.10 Å². The standard InChI is InChI=1S/C8H8O5S/c9-8(10)7(13-14(11)12)6-4-2-1-3-5-6/h1-5,7H,(H,9,10)(H,11,12)/t7-/m1/s1. The van der Waals surface area contributed by atoms with Crippen LogP contribution in [-0.2, 0) is 20.3 Å². The molecule has 0 aliphatic rings. The first-order chi connectivity index (χ1) is 6.61. The van der Waals surface area contributed by atoms with E-state index in [1.165, 1.54) is 12.1 Å². The summed E-state index contributed by atoms with van der Waals surface area (Å²) in [6.07, 6.45) is -1.41. The van der Waals surface area contributed by atoms with Crippen LogP contribution in [0.15, 0.2) is 30.3 Å². The average molecular weight is 216 g/mol. The summed E-state index contributed by atoms with van der Waals surface area (Å²) in [5.74, 6) is -1.31. The molecule has 0 aliphatic carbocycles. The number of hydrogen-bond donors (Lipinski definition) is 2. The van der Waals surface area contributed by atoms with Crippen LogP contribution >= 0.6 is 0 Å². The summed E-state index contributed by atoms with van der Waals surface area (Å²) in [6.45, 7) is 0. The van der Waals surface area contributed by atoms with Crippen LogP contribution in [0.5, 0.6) is 0 Å². The van der Waals surface area contributed by atoms with E-state index >= 15 is 0 Å². The smallest absolute Gasteiger partial charge is 0.339 e. The second-order valence-corrected chi connectivity index (χ2v) is 3.07. The highest BCUT2D eigenvalue weighted by Crippen LogP contribution is 2.17. The minimum absolute atomic E-state index is 0.322. The first kappa shape index (κ1) is 10.8. The molecule has 1 unspecified atom stereocenters. The molecule has 0 amide bonds. The highest BCUT2D eigenvalue weighted by molar-refractivity contribution is 7.74. The fraction of sp³-hybridized carbons (Fsp3) is 0.125. The van der Waals surface area contributed by atoms with Gasteiger partial charge in [0.05, 0.1) is 0 Å². The van der Waals surface area contributed by atoms with Crippen LogP contribution in [0.25, 0.3) is 0 Å². The summed E-state index contributed by atoms with van der Waals surface area (Å²) in [5, 5.41) is 8.71. The third-order valence-corrected chi connectivity index (χ3v) is 1.86. The van der Waals surface area contributed by atoms with E-state index in [1.807, 2.05) is 0 Å². The van der Waals surface area contributed by atoms with Crippen LogP contribution in [-0.4, -0.2) is 19.8 Å². The number of carboxylic acid groups (broad SMARTS) is 1. The van der Waals surface area contributed by atoms with Gasteiger partial charge in [-0.25, -0.2) is 8.98 Å². The molecule has 0 aliphatic heterocycles. The van der Waals surface area contributed by atoms with Crippen LogP contribution in [0.4, 0.5) is 0 Å². The summed E-state index contributed by atoms with van der Waals surface area (Å²) in [6, 6.07) is 7.96. The maximum atomic E-state index is 10.7. The van der Waals surface area contributed by atoms with E-state index in [1.54, 1.807) is 18.2 Å². The lowest BCUT2D eigenvalue weighted by atomic mass is 10.1. The topological polar surface area (TPSA) is 83.8 Å². The molecular weight excluding hydrogens is 208 g/mol. The van der Waals surface area contributed by atoms with Crippen molar-refractivity contribution in [2.75, 3.05) is 0 Å². The Morgan fingerprint density at radius 1 is 1.36 bits per heavy atom. The second-order valence-electron chi connectivity index (χ2n) is 2.44. The predicted molar refractivity (Wildman–Crippen MR) is 48.7 cm³/mol. The predicted octanol–water partition coefficient (Wildman–Crippen LogP) is 0.966. The zero-order valence-corrected chi connectivity index (χ0v) is 7.81. The molecule has 0 aromatic heterocycles. The number of carbonyl (C=O) groups is 1. The van der Waals surface area contributed by atoms with Crippen molar-refractivity contribution in [3.63, 3.8) is 0 Å². The molecule has 0 radical (unpaired) electrons. The molecule has 1 aromatic rings. The van der Waals surface area contributed by atoms with Crippen molar-refractivity contribution < 1.29 is 22.8 Å². The highest BCUT2D eigenvalue weighted by atomic mass is 32.2. The molecule has 0 saturated heterocycles. The maximum Gasteiger partial charge on any atom is 0.339 e. The lowest BCUT2D eigenvalue weighted by Gasteiger charge is -2.09. The van der Waals surface area contributed by atoms with Gasteiger partial charge in [0.2, 0.25) is 0 Å². The van der Waals surface area contributed by atoms with Gasteiger partial charge in [-0.3, -0.25) is 4.55 Å². The SMILES string of the molecule is O=C(O)[C@H](OS(=O)O)c1ccccc1. The van der Waals surface area contributed by atoms with Gasteiger partial charge in [-0.15, -0.1) is 0 Å². The fourth-order valence-electron chi connectivity index (χ4n) is 0.949. The largest absolute Gasteiger partial charge is 0.479 e. The Morgan fingerprint density at radius 3 is 2.36 bits per heavy atom. The summed E-state index contributed by atoms with van der Waals surface area (Å²) >= 11 is -2.60. The van der Waals surface area contributed by atoms with Crippen molar-refractivity contribution in [2.24, 2.45) is 0 Å². The first-order valence-corrected chi connectivity index (χ1v) is 4.70. The number of rotatable bonds is 4. The van der Waals surface area contributed by atoms with Crippen LogP contribution in [0.2, 0.25) is 0 Å². The summed E-state index contributed by atoms with van der Waals surface area (Å²) < 4.78 is 23.1. The van der Waals surface area contributed by atoms with Crippen LogP contribution in [0, 0.1) is 0 Å². The van der Waals surface area contributed by atoms with Gasteiger partial charge in [-0.05, 0) is 5.56 Å². The zero-order valence-electron chi connectivity index (χ0n) is 6.99. The van der Waals surface area contributed by atoms with Gasteiger partial charge in [-0.2, -0.15) is 4.21 Å². The number of hydrogen-bond acceptors (Lipinski definition) is 3. The molecular formula is C8H8O5S. The van der Waals surface area contributed by atoms with Gasteiger partial charge in [0.1, 0.15) is 0 Å². The van der Waals surface area contributed by atoms with Crippen molar-refractivity contribution >= 4 is 17.3 Å². The molecule has 0 fully saturated rings. The van der Waals surface area contributed by atoms with Gasteiger partial charge < -0.3 is 5.11 Å². The molecule has 0 saturated carbocycles. The van der Waals surface area contributed by atoms with Crippen molar-refractivity contribution in [1.82, 2.24) is 0 Å². The minimum Gasteiger partial charge on any atom is -0.479 e. The Hall–Kier alpha value is -1.24. The Labute approximate surface area is 82.8 Å². The third-order valence-electron chi connectivity index (χ3n) is 1.51. The molecule has 6 heteroatoms. The molecule has 2 atom stereocenters. The minimum atomic E-state index is -2.60. The molecule has 76 valence electrons. The highest BCUT2D eigenvalue weighted by Gasteiger charge is 2.22. The van der Waals surface area contributed by atoms with E-state index in [0.717, 1.165) is 0 Å². The summed E-state index contributed by atoms with van der Waals surface area (Å²) in [5.41, 5.74) is 0.322. The average Bonchev–Trinajstić information content (AvgIpc) is 2.15. The van der Waals surface area contributed by atoms with E-state index in [0.29, 0.717) is 5.56 Å². The molecule has 1 aromatic carbocycles. The third kappa shape index (κ3) is 2.91. The molecule has 2 N–H and O–H groups in total. The lowest BCUT2D eigenvalue weighted by molar-refractivity contribution is -0.145. The van der Waals surface area contributed by atoms with Crippen LogP contribution < -0.4 is 0 Å². The Kier molecular flexibility index (Phi) is 3.75. The second kappa shape index (κ2) is 4.85. The van der Waals surface area contributed by atoms with E-state index < -0.39 is 23.4 Å². The van der Waals surface area contributed by atoms with Gasteiger partial charge in [0, 0.05) is 0 Å². The Balaban J connectivity index is 2.89. The van der Waals surface area contributed by atoms with E-state index in [9.17, 15) is 9.00 Å². The van der Waals surface area contributed by atoms with Crippen molar-refractivity contribution in [3.8, 4) is 0 Å². The maximum absolute atomic E-state index is 10.7. The van der Waals surface area contributed by atoms with Crippen LogP contribution in [0.1, 0.15) is 11.7 Å². The molecule has 0 heterocycles. The first-order valence-electron chi connectivity index (χ1n) is 3.67. The molecule has 1 rings (SSSR count). The lowest BCUT2D eigenvalue weighted by Crippen LogP contribution is -2.16.